The number of fused-ring (bicyclic) bond motifs is 1. The van der Waals surface area contributed by atoms with Crippen LogP contribution in [0, 0.1) is 6.92 Å². The van der Waals surface area contributed by atoms with E-state index in [2.05, 4.69) is 15.5 Å². The minimum Gasteiger partial charge on any atom is -0.497 e. The van der Waals surface area contributed by atoms with E-state index >= 15 is 0 Å². The fourth-order valence-electron chi connectivity index (χ4n) is 4.51. The number of aromatic nitrogens is 1. The average Bonchev–Trinajstić information content (AvgIpc) is 3.37. The molecule has 0 aliphatic rings. The summed E-state index contributed by atoms with van der Waals surface area (Å²) in [6, 6.07) is 25.0. The Labute approximate surface area is 247 Å². The number of aryl methyl sites for hydroxylation is 1. The second kappa shape index (κ2) is 12.6. The number of carbonyl (C=O) groups is 2. The third-order valence-corrected chi connectivity index (χ3v) is 6.81. The Balaban J connectivity index is 1.37. The number of benzene rings is 4. The number of nitrogens with zero attached hydrogens (tertiary/aromatic N) is 1. The normalized spacial score (nSPS) is 11.0. The number of aromatic amines is 1. The highest BCUT2D eigenvalue weighted by Crippen LogP contribution is 2.37. The number of hydrogen-bond acceptors (Lipinski definition) is 6. The number of ether oxygens (including phenoxy) is 3. The lowest BCUT2D eigenvalue weighted by Gasteiger charge is -2.12. The summed E-state index contributed by atoms with van der Waals surface area (Å²) in [6.07, 6.45) is 1.48. The molecule has 5 aromatic rings. The van der Waals surface area contributed by atoms with Crippen molar-refractivity contribution >= 4 is 40.6 Å². The van der Waals surface area contributed by atoms with Gasteiger partial charge >= 0.3 is 5.97 Å². The highest BCUT2D eigenvalue weighted by Gasteiger charge is 2.21. The molecular weight excluding hydrogens is 554 g/mol. The van der Waals surface area contributed by atoms with Crippen molar-refractivity contribution < 1.29 is 23.8 Å². The summed E-state index contributed by atoms with van der Waals surface area (Å²) in [6.45, 7) is 4.17. The average molecular weight is 582 g/mol. The van der Waals surface area contributed by atoms with Crippen LogP contribution in [0.3, 0.4) is 0 Å². The van der Waals surface area contributed by atoms with Crippen molar-refractivity contribution in [1.82, 2.24) is 10.4 Å². The molecule has 0 aliphatic heterocycles. The summed E-state index contributed by atoms with van der Waals surface area (Å²) < 4.78 is 16.5. The largest absolute Gasteiger partial charge is 0.497 e. The molecule has 0 unspecified atom stereocenters. The van der Waals surface area contributed by atoms with Crippen LogP contribution >= 0.6 is 11.6 Å². The molecule has 1 heterocycles. The summed E-state index contributed by atoms with van der Waals surface area (Å²) in [5.74, 6) is 0.180. The van der Waals surface area contributed by atoms with E-state index in [1.807, 2.05) is 50.2 Å². The number of rotatable bonds is 9. The van der Waals surface area contributed by atoms with Gasteiger partial charge in [-0.3, -0.25) is 4.79 Å². The molecule has 9 heteroatoms. The molecule has 0 spiro atoms. The molecule has 0 bridgehead atoms. The molecule has 1 amide bonds. The molecule has 212 valence electrons. The second-order valence-corrected chi connectivity index (χ2v) is 9.77. The predicted octanol–water partition coefficient (Wildman–Crippen LogP) is 7.19. The number of amides is 1. The van der Waals surface area contributed by atoms with Crippen LogP contribution < -0.4 is 19.6 Å². The standard InChI is InChI=1S/C33H28ClN3O5/c1-4-41-29-17-21(13-15-28(29)42-33(39)22-8-7-9-23(18-22)40-3)19-35-37-32(38)31-30(24-10-5-6-11-26(24)34)25-16-20(2)12-14-27(25)36-31/h5-19,36H,4H2,1-3H3,(H,37,38). The Morgan fingerprint density at radius 3 is 2.60 bits per heavy atom. The molecule has 0 radical (unpaired) electrons. The number of H-pyrrole nitrogens is 1. The quantitative estimate of drug-likeness (QED) is 0.0830. The fraction of sp³-hybridized carbons (Fsp3) is 0.121. The first-order valence-electron chi connectivity index (χ1n) is 13.2. The molecule has 0 atom stereocenters. The third kappa shape index (κ3) is 6.14. The van der Waals surface area contributed by atoms with E-state index in [9.17, 15) is 9.59 Å². The van der Waals surface area contributed by atoms with Gasteiger partial charge in [-0.25, -0.2) is 10.2 Å². The molecule has 0 saturated heterocycles. The topological polar surface area (TPSA) is 102 Å². The summed E-state index contributed by atoms with van der Waals surface area (Å²) in [5, 5.41) is 5.59. The van der Waals surface area contributed by atoms with Gasteiger partial charge in [0.05, 0.1) is 25.5 Å². The van der Waals surface area contributed by atoms with Gasteiger partial charge in [-0.1, -0.05) is 47.5 Å². The van der Waals surface area contributed by atoms with Gasteiger partial charge in [0, 0.05) is 27.1 Å². The van der Waals surface area contributed by atoms with Crippen LogP contribution in [0.2, 0.25) is 5.02 Å². The number of methoxy groups -OCH3 is 1. The molecule has 4 aromatic carbocycles. The maximum Gasteiger partial charge on any atom is 0.343 e. The Bertz CT molecular complexity index is 1810. The first-order valence-corrected chi connectivity index (χ1v) is 13.6. The van der Waals surface area contributed by atoms with Gasteiger partial charge in [0.25, 0.3) is 5.91 Å². The van der Waals surface area contributed by atoms with Gasteiger partial charge in [-0.2, -0.15) is 5.10 Å². The Morgan fingerprint density at radius 2 is 1.81 bits per heavy atom. The lowest BCUT2D eigenvalue weighted by molar-refractivity contribution is 0.0727. The van der Waals surface area contributed by atoms with Crippen LogP contribution in [0.1, 0.15) is 38.9 Å². The molecule has 1 aromatic heterocycles. The van der Waals surface area contributed by atoms with Gasteiger partial charge in [0.1, 0.15) is 11.4 Å². The van der Waals surface area contributed by atoms with Crippen molar-refractivity contribution in [2.45, 2.75) is 13.8 Å². The molecule has 0 saturated carbocycles. The maximum atomic E-state index is 13.3. The zero-order chi connectivity index (χ0) is 29.6. The number of hydrazone groups is 1. The number of hydrogen-bond donors (Lipinski definition) is 2. The van der Waals surface area contributed by atoms with Crippen LogP contribution in [-0.2, 0) is 0 Å². The van der Waals surface area contributed by atoms with Gasteiger partial charge in [0.2, 0.25) is 0 Å². The van der Waals surface area contributed by atoms with Crippen molar-refractivity contribution in [2.24, 2.45) is 5.10 Å². The molecule has 2 N–H and O–H groups in total. The lowest BCUT2D eigenvalue weighted by atomic mass is 10.0. The van der Waals surface area contributed by atoms with Crippen molar-refractivity contribution in [1.29, 1.82) is 0 Å². The Kier molecular flexibility index (Phi) is 8.55. The second-order valence-electron chi connectivity index (χ2n) is 9.36. The third-order valence-electron chi connectivity index (χ3n) is 6.48. The van der Waals surface area contributed by atoms with E-state index < -0.39 is 11.9 Å². The number of carbonyl (C=O) groups excluding carboxylic acids is 2. The monoisotopic (exact) mass is 581 g/mol. The summed E-state index contributed by atoms with van der Waals surface area (Å²) >= 11 is 6.53. The van der Waals surface area contributed by atoms with E-state index in [4.69, 9.17) is 25.8 Å². The van der Waals surface area contributed by atoms with E-state index in [1.54, 1.807) is 48.5 Å². The van der Waals surface area contributed by atoms with Gasteiger partial charge in [0.15, 0.2) is 11.5 Å². The van der Waals surface area contributed by atoms with Crippen LogP contribution in [0.15, 0.2) is 90.0 Å². The first kappa shape index (κ1) is 28.4. The fourth-order valence-corrected chi connectivity index (χ4v) is 4.74. The van der Waals surface area contributed by atoms with Crippen LogP contribution in [0.4, 0.5) is 0 Å². The van der Waals surface area contributed by atoms with Crippen molar-refractivity contribution in [3.05, 3.63) is 112 Å². The smallest absolute Gasteiger partial charge is 0.343 e. The summed E-state index contributed by atoms with van der Waals surface area (Å²) in [5.41, 5.74) is 7.22. The van der Waals surface area contributed by atoms with Crippen LogP contribution in [-0.4, -0.2) is 36.8 Å². The molecule has 5 rings (SSSR count). The minimum atomic E-state index is -0.550. The first-order chi connectivity index (χ1) is 20.4. The van der Waals surface area contributed by atoms with Crippen LogP contribution in [0.5, 0.6) is 17.2 Å². The van der Waals surface area contributed by atoms with E-state index in [1.165, 1.54) is 13.3 Å². The predicted molar refractivity (Wildman–Crippen MR) is 164 cm³/mol. The zero-order valence-electron chi connectivity index (χ0n) is 23.2. The Morgan fingerprint density at radius 1 is 0.976 bits per heavy atom. The summed E-state index contributed by atoms with van der Waals surface area (Å²) in [7, 11) is 1.53. The van der Waals surface area contributed by atoms with E-state index in [0.717, 1.165) is 22.0 Å². The Hall–Kier alpha value is -5.08. The number of halogens is 1. The molecule has 42 heavy (non-hydrogen) atoms. The molecule has 0 fully saturated rings. The highest BCUT2D eigenvalue weighted by molar-refractivity contribution is 6.34. The minimum absolute atomic E-state index is 0.253. The van der Waals surface area contributed by atoms with Crippen molar-refractivity contribution in [2.75, 3.05) is 13.7 Å². The maximum absolute atomic E-state index is 13.3. The SMILES string of the molecule is CCOc1cc(C=NNC(=O)c2[nH]c3ccc(C)cc3c2-c2ccccc2Cl)ccc1OC(=O)c1cccc(OC)c1. The zero-order valence-corrected chi connectivity index (χ0v) is 24.0. The molecule has 0 aliphatic carbocycles. The van der Waals surface area contributed by atoms with Gasteiger partial charge < -0.3 is 19.2 Å². The number of nitrogens with one attached hydrogen (secondary N) is 2. The highest BCUT2D eigenvalue weighted by atomic mass is 35.5. The number of esters is 1. The lowest BCUT2D eigenvalue weighted by Crippen LogP contribution is -2.19. The van der Waals surface area contributed by atoms with Gasteiger partial charge in [-0.15, -0.1) is 0 Å². The molecular formula is C33H28ClN3O5. The summed E-state index contributed by atoms with van der Waals surface area (Å²) in [4.78, 5) is 29.3. The molecule has 8 nitrogen and oxygen atoms in total. The van der Waals surface area contributed by atoms with E-state index in [0.29, 0.717) is 45.5 Å². The van der Waals surface area contributed by atoms with Crippen LogP contribution in [0.25, 0.3) is 22.0 Å². The van der Waals surface area contributed by atoms with Gasteiger partial charge in [-0.05, 0) is 74.0 Å². The van der Waals surface area contributed by atoms with E-state index in [-0.39, 0.29) is 5.75 Å². The van der Waals surface area contributed by atoms with Crippen molar-refractivity contribution in [3.63, 3.8) is 0 Å². The van der Waals surface area contributed by atoms with Crippen molar-refractivity contribution in [3.8, 4) is 28.4 Å².